The summed E-state index contributed by atoms with van der Waals surface area (Å²) in [7, 11) is 0. The lowest BCUT2D eigenvalue weighted by Crippen LogP contribution is -2.36. The fourth-order valence-corrected chi connectivity index (χ4v) is 0.732. The molecule has 3 N–H and O–H groups in total. The largest absolute Gasteiger partial charge is 0.465 e. The van der Waals surface area contributed by atoms with Gasteiger partial charge in [0.15, 0.2) is 0 Å². The summed E-state index contributed by atoms with van der Waals surface area (Å²) in [6.45, 7) is 1.81. The smallest absolute Gasteiger partial charge is 0.404 e. The first-order valence-electron chi connectivity index (χ1n) is 3.31. The average Bonchev–Trinajstić information content (AvgIpc) is 1.86. The maximum absolute atomic E-state index is 10.0. The standard InChI is InChI=1S/C6H13NO3/c1-2-3-5(4-8)7-6(9)10/h5,7-8H,2-4H2,1H3,(H,9,10). The van der Waals surface area contributed by atoms with Gasteiger partial charge < -0.3 is 15.5 Å². The Balaban J connectivity index is 3.49. The second-order valence-corrected chi connectivity index (χ2v) is 2.12. The molecule has 0 radical (unpaired) electrons. The van der Waals surface area contributed by atoms with Gasteiger partial charge in [-0.2, -0.15) is 0 Å². The lowest BCUT2D eigenvalue weighted by atomic mass is 10.2. The fraction of sp³-hybridized carbons (Fsp3) is 0.833. The monoisotopic (exact) mass is 147 g/mol. The fourth-order valence-electron chi connectivity index (χ4n) is 0.732. The maximum Gasteiger partial charge on any atom is 0.404 e. The van der Waals surface area contributed by atoms with Crippen LogP contribution in [0, 0.1) is 0 Å². The summed E-state index contributed by atoms with van der Waals surface area (Å²) in [6.07, 6.45) is 0.474. The lowest BCUT2D eigenvalue weighted by Gasteiger charge is -2.11. The number of carbonyl (C=O) groups is 1. The highest BCUT2D eigenvalue weighted by molar-refractivity contribution is 5.64. The van der Waals surface area contributed by atoms with Gasteiger partial charge in [-0.05, 0) is 6.42 Å². The number of amides is 1. The second kappa shape index (κ2) is 5.05. The third kappa shape index (κ3) is 4.14. The quantitative estimate of drug-likeness (QED) is 0.539. The molecule has 0 aromatic carbocycles. The molecular formula is C6H13NO3. The van der Waals surface area contributed by atoms with Crippen molar-refractivity contribution in [2.24, 2.45) is 0 Å². The lowest BCUT2D eigenvalue weighted by molar-refractivity contribution is 0.175. The van der Waals surface area contributed by atoms with Crippen LogP contribution in [0.2, 0.25) is 0 Å². The number of hydrogen-bond acceptors (Lipinski definition) is 2. The Morgan fingerprint density at radius 1 is 1.70 bits per heavy atom. The van der Waals surface area contributed by atoms with Crippen molar-refractivity contribution in [3.05, 3.63) is 0 Å². The SMILES string of the molecule is CCCC(CO)NC(=O)O. The predicted octanol–water partition coefficient (Wildman–Crippen LogP) is 0.415. The summed E-state index contributed by atoms with van der Waals surface area (Å²) < 4.78 is 0. The first kappa shape index (κ1) is 9.23. The Morgan fingerprint density at radius 2 is 2.30 bits per heavy atom. The van der Waals surface area contributed by atoms with E-state index < -0.39 is 6.09 Å². The van der Waals surface area contributed by atoms with Crippen molar-refractivity contribution in [2.45, 2.75) is 25.8 Å². The van der Waals surface area contributed by atoms with Crippen LogP contribution >= 0.6 is 0 Å². The number of nitrogens with one attached hydrogen (secondary N) is 1. The third-order valence-corrected chi connectivity index (χ3v) is 1.19. The molecule has 4 nitrogen and oxygen atoms in total. The summed E-state index contributed by atoms with van der Waals surface area (Å²) in [4.78, 5) is 10.0. The molecule has 0 aromatic heterocycles. The molecule has 0 saturated carbocycles. The summed E-state index contributed by atoms with van der Waals surface area (Å²) in [5.41, 5.74) is 0. The first-order chi connectivity index (χ1) is 4.70. The highest BCUT2D eigenvalue weighted by Crippen LogP contribution is 1.94. The van der Waals surface area contributed by atoms with E-state index in [2.05, 4.69) is 5.32 Å². The van der Waals surface area contributed by atoms with Crippen molar-refractivity contribution in [3.63, 3.8) is 0 Å². The van der Waals surface area contributed by atoms with Crippen LogP contribution in [0.4, 0.5) is 4.79 Å². The summed E-state index contributed by atoms with van der Waals surface area (Å²) in [6, 6.07) is -0.303. The van der Waals surface area contributed by atoms with Crippen LogP contribution in [0.1, 0.15) is 19.8 Å². The minimum atomic E-state index is -1.08. The number of carboxylic acid groups (broad SMARTS) is 1. The van der Waals surface area contributed by atoms with Crippen LogP contribution in [-0.4, -0.2) is 29.0 Å². The van der Waals surface area contributed by atoms with Crippen LogP contribution in [0.5, 0.6) is 0 Å². The van der Waals surface area contributed by atoms with E-state index in [0.717, 1.165) is 6.42 Å². The Morgan fingerprint density at radius 3 is 2.60 bits per heavy atom. The Bertz CT molecular complexity index is 105. The van der Waals surface area contributed by atoms with E-state index in [1.165, 1.54) is 0 Å². The minimum absolute atomic E-state index is 0.125. The molecule has 1 amide bonds. The Labute approximate surface area is 59.9 Å². The van der Waals surface area contributed by atoms with Gasteiger partial charge in [0.05, 0.1) is 12.6 Å². The van der Waals surface area contributed by atoms with Crippen LogP contribution in [-0.2, 0) is 0 Å². The molecule has 10 heavy (non-hydrogen) atoms. The molecule has 1 atom stereocenters. The molecule has 0 fully saturated rings. The van der Waals surface area contributed by atoms with Gasteiger partial charge in [-0.25, -0.2) is 4.79 Å². The maximum atomic E-state index is 10.0. The summed E-state index contributed by atoms with van der Waals surface area (Å²) in [5, 5.41) is 19.0. The molecule has 0 bridgehead atoms. The van der Waals surface area contributed by atoms with Crippen LogP contribution in [0.3, 0.4) is 0 Å². The molecule has 0 aliphatic heterocycles. The van der Waals surface area contributed by atoms with E-state index >= 15 is 0 Å². The second-order valence-electron chi connectivity index (χ2n) is 2.12. The number of hydrogen-bond donors (Lipinski definition) is 3. The van der Waals surface area contributed by atoms with E-state index in [0.29, 0.717) is 6.42 Å². The zero-order chi connectivity index (χ0) is 7.98. The molecule has 0 heterocycles. The predicted molar refractivity (Wildman–Crippen MR) is 36.9 cm³/mol. The minimum Gasteiger partial charge on any atom is -0.465 e. The summed E-state index contributed by atoms with van der Waals surface area (Å²) in [5.74, 6) is 0. The Hall–Kier alpha value is -0.770. The van der Waals surface area contributed by atoms with Gasteiger partial charge >= 0.3 is 6.09 Å². The van der Waals surface area contributed by atoms with E-state index in [9.17, 15) is 4.79 Å². The topological polar surface area (TPSA) is 69.6 Å². The number of aliphatic hydroxyl groups excluding tert-OH is 1. The zero-order valence-electron chi connectivity index (χ0n) is 6.00. The van der Waals surface area contributed by atoms with Crippen molar-refractivity contribution in [1.82, 2.24) is 5.32 Å². The van der Waals surface area contributed by atoms with Crippen molar-refractivity contribution >= 4 is 6.09 Å². The van der Waals surface area contributed by atoms with Gasteiger partial charge in [-0.3, -0.25) is 0 Å². The molecule has 4 heteroatoms. The van der Waals surface area contributed by atoms with Crippen LogP contribution in [0.15, 0.2) is 0 Å². The molecule has 0 rings (SSSR count). The van der Waals surface area contributed by atoms with E-state index in [-0.39, 0.29) is 12.6 Å². The van der Waals surface area contributed by atoms with Gasteiger partial charge in [0.25, 0.3) is 0 Å². The normalized spacial score (nSPS) is 12.6. The highest BCUT2D eigenvalue weighted by Gasteiger charge is 2.07. The molecule has 0 aromatic rings. The number of rotatable bonds is 4. The Kier molecular flexibility index (Phi) is 4.66. The van der Waals surface area contributed by atoms with Crippen molar-refractivity contribution in [3.8, 4) is 0 Å². The molecule has 0 saturated heterocycles. The zero-order valence-corrected chi connectivity index (χ0v) is 6.00. The summed E-state index contributed by atoms with van der Waals surface area (Å²) >= 11 is 0. The van der Waals surface area contributed by atoms with Crippen molar-refractivity contribution in [1.29, 1.82) is 0 Å². The molecule has 60 valence electrons. The van der Waals surface area contributed by atoms with Crippen molar-refractivity contribution < 1.29 is 15.0 Å². The van der Waals surface area contributed by atoms with Gasteiger partial charge in [-0.1, -0.05) is 13.3 Å². The highest BCUT2D eigenvalue weighted by atomic mass is 16.4. The van der Waals surface area contributed by atoms with Gasteiger partial charge in [0.1, 0.15) is 0 Å². The number of aliphatic hydroxyl groups is 1. The van der Waals surface area contributed by atoms with Crippen LogP contribution in [0.25, 0.3) is 0 Å². The van der Waals surface area contributed by atoms with Crippen LogP contribution < -0.4 is 5.32 Å². The van der Waals surface area contributed by atoms with Gasteiger partial charge in [0.2, 0.25) is 0 Å². The van der Waals surface area contributed by atoms with E-state index in [4.69, 9.17) is 10.2 Å². The molecule has 0 aliphatic carbocycles. The molecule has 1 unspecified atom stereocenters. The van der Waals surface area contributed by atoms with Gasteiger partial charge in [-0.15, -0.1) is 0 Å². The molecule has 0 spiro atoms. The first-order valence-corrected chi connectivity index (χ1v) is 3.31. The van der Waals surface area contributed by atoms with Crippen molar-refractivity contribution in [2.75, 3.05) is 6.61 Å². The third-order valence-electron chi connectivity index (χ3n) is 1.19. The molecular weight excluding hydrogens is 134 g/mol. The van der Waals surface area contributed by atoms with Gasteiger partial charge in [0, 0.05) is 0 Å². The molecule has 0 aliphatic rings. The average molecular weight is 147 g/mol. The van der Waals surface area contributed by atoms with E-state index in [1.807, 2.05) is 6.92 Å². The van der Waals surface area contributed by atoms with E-state index in [1.54, 1.807) is 0 Å².